The van der Waals surface area contributed by atoms with E-state index in [2.05, 4.69) is 4.98 Å². The maximum absolute atomic E-state index is 13.3. The summed E-state index contributed by atoms with van der Waals surface area (Å²) in [6.45, 7) is 9.73. The van der Waals surface area contributed by atoms with E-state index < -0.39 is 6.10 Å². The van der Waals surface area contributed by atoms with E-state index in [-0.39, 0.29) is 18.0 Å². The zero-order chi connectivity index (χ0) is 19.2. The molecule has 0 radical (unpaired) electrons. The van der Waals surface area contributed by atoms with Gasteiger partial charge in [-0.2, -0.15) is 0 Å². The average molecular weight is 353 g/mol. The zero-order valence-electron chi connectivity index (χ0n) is 16.3. The van der Waals surface area contributed by atoms with Gasteiger partial charge in [0.05, 0.1) is 17.2 Å². The smallest absolute Gasteiger partial charge is 0.256 e. The summed E-state index contributed by atoms with van der Waals surface area (Å²) < 4.78 is 2.01. The van der Waals surface area contributed by atoms with Crippen molar-refractivity contribution in [2.45, 2.75) is 52.8 Å². The predicted molar refractivity (Wildman–Crippen MR) is 105 cm³/mol. The lowest BCUT2D eigenvalue weighted by molar-refractivity contribution is 0.0637. The largest absolute Gasteiger partial charge is 0.389 e. The molecule has 0 fully saturated rings. The molecular formula is C21H27N3O2. The lowest BCUT2D eigenvalue weighted by atomic mass is 9.98. The monoisotopic (exact) mass is 353 g/mol. The van der Waals surface area contributed by atoms with Crippen molar-refractivity contribution in [3.05, 3.63) is 41.6 Å². The van der Waals surface area contributed by atoms with Gasteiger partial charge in [-0.15, -0.1) is 0 Å². The van der Waals surface area contributed by atoms with Gasteiger partial charge in [0.25, 0.3) is 5.91 Å². The minimum atomic E-state index is -0.772. The molecule has 0 saturated carbocycles. The number of rotatable bonds is 4. The van der Waals surface area contributed by atoms with Gasteiger partial charge < -0.3 is 14.6 Å². The summed E-state index contributed by atoms with van der Waals surface area (Å²) >= 11 is 0. The number of aliphatic hydroxyl groups is 1. The number of carbonyl (C=O) groups is 1. The number of fused-ring (bicyclic) bond motifs is 3. The Balaban J connectivity index is 2.36. The van der Waals surface area contributed by atoms with E-state index in [0.29, 0.717) is 11.1 Å². The fourth-order valence-corrected chi connectivity index (χ4v) is 3.94. The second-order valence-electron chi connectivity index (χ2n) is 7.44. The van der Waals surface area contributed by atoms with Crippen molar-refractivity contribution < 1.29 is 9.90 Å². The van der Waals surface area contributed by atoms with E-state index in [0.717, 1.165) is 21.9 Å². The summed E-state index contributed by atoms with van der Waals surface area (Å²) in [5, 5.41) is 12.4. The molecule has 0 saturated heterocycles. The van der Waals surface area contributed by atoms with Crippen LogP contribution >= 0.6 is 0 Å². The predicted octanol–water partition coefficient (Wildman–Crippen LogP) is 4.04. The highest BCUT2D eigenvalue weighted by Crippen LogP contribution is 2.35. The molecule has 0 bridgehead atoms. The van der Waals surface area contributed by atoms with Gasteiger partial charge in [0, 0.05) is 41.7 Å². The van der Waals surface area contributed by atoms with Crippen molar-refractivity contribution >= 4 is 27.8 Å². The number of para-hydroxylation sites is 1. The number of carbonyl (C=O) groups excluding carboxylic acids is 1. The molecule has 2 heterocycles. The Morgan fingerprint density at radius 2 is 1.73 bits per heavy atom. The molecule has 5 heteroatoms. The van der Waals surface area contributed by atoms with Crippen molar-refractivity contribution in [1.29, 1.82) is 0 Å². The van der Waals surface area contributed by atoms with Crippen LogP contribution < -0.4 is 0 Å². The van der Waals surface area contributed by atoms with E-state index in [4.69, 9.17) is 0 Å². The molecule has 1 unspecified atom stereocenters. The molecule has 5 nitrogen and oxygen atoms in total. The SMILES string of the molecule is CC(O)c1c(C(=O)N(C(C)C)C(C)C)cnc2c1c1ccccc1n2C. The van der Waals surface area contributed by atoms with E-state index >= 15 is 0 Å². The maximum atomic E-state index is 13.3. The molecule has 138 valence electrons. The zero-order valence-corrected chi connectivity index (χ0v) is 16.3. The highest BCUT2D eigenvalue weighted by atomic mass is 16.3. The number of aryl methyl sites for hydroxylation is 1. The van der Waals surface area contributed by atoms with Gasteiger partial charge in [-0.05, 0) is 40.7 Å². The number of amides is 1. The number of hydrogen-bond acceptors (Lipinski definition) is 3. The van der Waals surface area contributed by atoms with Gasteiger partial charge in [0.15, 0.2) is 0 Å². The number of aliphatic hydroxyl groups excluding tert-OH is 1. The first-order chi connectivity index (χ1) is 12.3. The molecule has 0 spiro atoms. The molecule has 3 rings (SSSR count). The van der Waals surface area contributed by atoms with E-state index in [1.54, 1.807) is 13.1 Å². The van der Waals surface area contributed by atoms with E-state index in [1.807, 2.05) is 68.5 Å². The van der Waals surface area contributed by atoms with Gasteiger partial charge in [-0.25, -0.2) is 4.98 Å². The number of hydrogen-bond donors (Lipinski definition) is 1. The second-order valence-corrected chi connectivity index (χ2v) is 7.44. The Kier molecular flexibility index (Phi) is 4.76. The second kappa shape index (κ2) is 6.72. The van der Waals surface area contributed by atoms with Crippen LogP contribution in [-0.4, -0.2) is 37.5 Å². The number of benzene rings is 1. The first kappa shape index (κ1) is 18.4. The lowest BCUT2D eigenvalue weighted by Crippen LogP contribution is -2.42. The van der Waals surface area contributed by atoms with Gasteiger partial charge >= 0.3 is 0 Å². The Morgan fingerprint density at radius 3 is 2.31 bits per heavy atom. The molecule has 0 aliphatic carbocycles. The molecule has 1 N–H and O–H groups in total. The fraction of sp³-hybridized carbons (Fsp3) is 0.429. The Morgan fingerprint density at radius 1 is 1.12 bits per heavy atom. The van der Waals surface area contributed by atoms with Crippen molar-refractivity contribution in [3.63, 3.8) is 0 Å². The molecule has 2 aromatic heterocycles. The number of pyridine rings is 1. The van der Waals surface area contributed by atoms with Crippen LogP contribution in [0.3, 0.4) is 0 Å². The normalized spacial score (nSPS) is 13.1. The third-order valence-electron chi connectivity index (χ3n) is 4.95. The maximum Gasteiger partial charge on any atom is 0.256 e. The molecule has 1 atom stereocenters. The number of nitrogens with zero attached hydrogens (tertiary/aromatic N) is 3. The van der Waals surface area contributed by atoms with Crippen LogP contribution in [0.25, 0.3) is 21.9 Å². The fourth-order valence-electron chi connectivity index (χ4n) is 3.94. The van der Waals surface area contributed by atoms with Gasteiger partial charge in [-0.3, -0.25) is 4.79 Å². The van der Waals surface area contributed by atoms with E-state index in [9.17, 15) is 9.90 Å². The van der Waals surface area contributed by atoms with Crippen LogP contribution in [-0.2, 0) is 7.05 Å². The van der Waals surface area contributed by atoms with Crippen LogP contribution in [0.4, 0.5) is 0 Å². The first-order valence-corrected chi connectivity index (χ1v) is 9.12. The third-order valence-corrected chi connectivity index (χ3v) is 4.95. The van der Waals surface area contributed by atoms with Crippen LogP contribution in [0.1, 0.15) is 56.6 Å². The van der Waals surface area contributed by atoms with Gasteiger partial charge in [0.1, 0.15) is 5.65 Å². The highest BCUT2D eigenvalue weighted by molar-refractivity contribution is 6.11. The van der Waals surface area contributed by atoms with Crippen LogP contribution in [0.5, 0.6) is 0 Å². The van der Waals surface area contributed by atoms with Gasteiger partial charge in [0.2, 0.25) is 0 Å². The molecular weight excluding hydrogens is 326 g/mol. The molecule has 0 aliphatic heterocycles. The Bertz CT molecular complexity index is 962. The third kappa shape index (κ3) is 2.76. The number of aromatic nitrogens is 2. The van der Waals surface area contributed by atoms with Crippen molar-refractivity contribution in [3.8, 4) is 0 Å². The highest BCUT2D eigenvalue weighted by Gasteiger charge is 2.28. The Labute approximate surface area is 154 Å². The summed E-state index contributed by atoms with van der Waals surface area (Å²) in [4.78, 5) is 19.7. The topological polar surface area (TPSA) is 58.4 Å². The summed E-state index contributed by atoms with van der Waals surface area (Å²) in [6.07, 6.45) is 0.843. The van der Waals surface area contributed by atoms with Crippen molar-refractivity contribution in [2.24, 2.45) is 7.05 Å². The summed E-state index contributed by atoms with van der Waals surface area (Å²) in [7, 11) is 1.96. The van der Waals surface area contributed by atoms with Crippen LogP contribution in [0, 0.1) is 0 Å². The van der Waals surface area contributed by atoms with Crippen molar-refractivity contribution in [1.82, 2.24) is 14.5 Å². The standard InChI is InChI=1S/C21H27N3O2/c1-12(2)24(13(3)4)21(26)16-11-22-20-19(18(16)14(5)25)15-9-7-8-10-17(15)23(20)6/h7-14,25H,1-6H3. The summed E-state index contributed by atoms with van der Waals surface area (Å²) in [5.41, 5.74) is 2.94. The van der Waals surface area contributed by atoms with Crippen LogP contribution in [0.2, 0.25) is 0 Å². The average Bonchev–Trinajstić information content (AvgIpc) is 2.86. The quantitative estimate of drug-likeness (QED) is 0.770. The summed E-state index contributed by atoms with van der Waals surface area (Å²) in [6, 6.07) is 8.12. The minimum absolute atomic E-state index is 0.0626. The lowest BCUT2D eigenvalue weighted by Gasteiger charge is -2.31. The molecule has 3 aromatic rings. The summed E-state index contributed by atoms with van der Waals surface area (Å²) in [5.74, 6) is -0.0896. The van der Waals surface area contributed by atoms with Gasteiger partial charge in [-0.1, -0.05) is 18.2 Å². The molecule has 1 amide bonds. The molecule has 0 aliphatic rings. The molecule has 1 aromatic carbocycles. The molecule has 26 heavy (non-hydrogen) atoms. The Hall–Kier alpha value is -2.40. The minimum Gasteiger partial charge on any atom is -0.389 e. The van der Waals surface area contributed by atoms with Crippen molar-refractivity contribution in [2.75, 3.05) is 0 Å². The first-order valence-electron chi connectivity index (χ1n) is 9.12. The van der Waals surface area contributed by atoms with E-state index in [1.165, 1.54) is 0 Å². The van der Waals surface area contributed by atoms with Crippen LogP contribution in [0.15, 0.2) is 30.5 Å².